The van der Waals surface area contributed by atoms with Gasteiger partial charge in [-0.05, 0) is 74.2 Å². The van der Waals surface area contributed by atoms with Gasteiger partial charge < -0.3 is 20.3 Å². The van der Waals surface area contributed by atoms with Crippen LogP contribution in [0.4, 0.5) is 10.7 Å². The van der Waals surface area contributed by atoms with E-state index in [4.69, 9.17) is 17.0 Å². The lowest BCUT2D eigenvalue weighted by atomic mass is 10.1. The Morgan fingerprint density at radius 1 is 1.07 bits per heavy atom. The summed E-state index contributed by atoms with van der Waals surface area (Å²) in [5.41, 5.74) is 3.14. The molecular weight excluding hydrogens is 406 g/mol. The minimum Gasteiger partial charge on any atom is -0.465 e. The molecule has 1 aromatic heterocycles. The largest absolute Gasteiger partial charge is 0.465 e. The van der Waals surface area contributed by atoms with Crippen LogP contribution in [0.25, 0.3) is 0 Å². The molecule has 2 N–H and O–H groups in total. The van der Waals surface area contributed by atoms with E-state index >= 15 is 0 Å². The maximum absolute atomic E-state index is 12.4. The molecule has 1 aliphatic heterocycles. The number of nitrogens with one attached hydrogen (secondary N) is 2. The number of amides is 1. The SMILES string of the molecule is COC(=O)c1c(NC(=S)Nc2ccc(C(=O)N3CCCC3)cc2)sc2c1CCC2. The number of rotatable bonds is 4. The van der Waals surface area contributed by atoms with Gasteiger partial charge in [-0.25, -0.2) is 4.79 Å². The van der Waals surface area contributed by atoms with E-state index in [1.54, 1.807) is 11.3 Å². The number of aryl methyl sites for hydroxylation is 1. The molecule has 29 heavy (non-hydrogen) atoms. The van der Waals surface area contributed by atoms with E-state index in [9.17, 15) is 9.59 Å². The van der Waals surface area contributed by atoms with Gasteiger partial charge in [-0.15, -0.1) is 11.3 Å². The summed E-state index contributed by atoms with van der Waals surface area (Å²) in [5.74, 6) is -0.259. The smallest absolute Gasteiger partial charge is 0.341 e. The van der Waals surface area contributed by atoms with Crippen LogP contribution in [0, 0.1) is 0 Å². The number of thiocarbonyl (C=S) groups is 1. The average Bonchev–Trinajstić information content (AvgIpc) is 3.45. The van der Waals surface area contributed by atoms with Gasteiger partial charge in [0.1, 0.15) is 5.00 Å². The second-order valence-corrected chi connectivity index (χ2v) is 8.72. The molecule has 1 aromatic carbocycles. The minimum absolute atomic E-state index is 0.0746. The first-order chi connectivity index (χ1) is 14.1. The Balaban J connectivity index is 1.43. The Kier molecular flexibility index (Phi) is 5.82. The number of anilines is 2. The lowest BCUT2D eigenvalue weighted by Gasteiger charge is -2.15. The van der Waals surface area contributed by atoms with Crippen LogP contribution in [0.15, 0.2) is 24.3 Å². The van der Waals surface area contributed by atoms with Crippen molar-refractivity contribution in [3.05, 3.63) is 45.8 Å². The van der Waals surface area contributed by atoms with Crippen LogP contribution >= 0.6 is 23.6 Å². The molecule has 1 aliphatic carbocycles. The summed E-state index contributed by atoms with van der Waals surface area (Å²) in [5, 5.41) is 7.39. The Labute approximate surface area is 179 Å². The van der Waals surface area contributed by atoms with Crippen molar-refractivity contribution >= 4 is 51.2 Å². The van der Waals surface area contributed by atoms with Crippen LogP contribution in [0.2, 0.25) is 0 Å². The van der Waals surface area contributed by atoms with E-state index in [1.165, 1.54) is 12.0 Å². The summed E-state index contributed by atoms with van der Waals surface area (Å²) in [6, 6.07) is 7.30. The normalized spacial score (nSPS) is 15.1. The first kappa shape index (κ1) is 19.8. The van der Waals surface area contributed by atoms with Crippen LogP contribution in [0.3, 0.4) is 0 Å². The minimum atomic E-state index is -0.334. The van der Waals surface area contributed by atoms with Crippen LogP contribution in [-0.4, -0.2) is 42.1 Å². The fourth-order valence-corrected chi connectivity index (χ4v) is 5.44. The van der Waals surface area contributed by atoms with E-state index < -0.39 is 0 Å². The van der Waals surface area contributed by atoms with E-state index in [1.807, 2.05) is 29.2 Å². The fraction of sp³-hybridized carbons (Fsp3) is 0.381. The van der Waals surface area contributed by atoms with Crippen LogP contribution < -0.4 is 10.6 Å². The quantitative estimate of drug-likeness (QED) is 0.564. The van der Waals surface area contributed by atoms with E-state index in [0.29, 0.717) is 16.2 Å². The molecule has 2 aliphatic rings. The van der Waals surface area contributed by atoms with Gasteiger partial charge in [0.05, 0.1) is 12.7 Å². The van der Waals surface area contributed by atoms with Gasteiger partial charge in [0.25, 0.3) is 5.91 Å². The molecule has 0 spiro atoms. The predicted octanol–water partition coefficient (Wildman–Crippen LogP) is 4.07. The molecule has 8 heteroatoms. The fourth-order valence-electron chi connectivity index (χ4n) is 3.87. The molecule has 0 bridgehead atoms. The highest BCUT2D eigenvalue weighted by atomic mass is 32.1. The molecule has 0 unspecified atom stereocenters. The van der Waals surface area contributed by atoms with Crippen LogP contribution in [-0.2, 0) is 17.6 Å². The molecular formula is C21H23N3O3S2. The van der Waals surface area contributed by atoms with Crippen LogP contribution in [0.1, 0.15) is 50.4 Å². The summed E-state index contributed by atoms with van der Waals surface area (Å²) in [6.45, 7) is 1.67. The maximum atomic E-state index is 12.4. The molecule has 2 aromatic rings. The van der Waals surface area contributed by atoms with Crippen molar-refractivity contribution in [2.45, 2.75) is 32.1 Å². The van der Waals surface area contributed by atoms with Crippen molar-refractivity contribution < 1.29 is 14.3 Å². The number of likely N-dealkylation sites (tertiary alicyclic amines) is 1. The number of esters is 1. The number of hydrogen-bond donors (Lipinski definition) is 2. The van der Waals surface area contributed by atoms with Crippen molar-refractivity contribution in [3.63, 3.8) is 0 Å². The molecule has 0 saturated carbocycles. The zero-order chi connectivity index (χ0) is 20.4. The second-order valence-electron chi connectivity index (χ2n) is 7.21. The topological polar surface area (TPSA) is 70.7 Å². The number of hydrogen-bond acceptors (Lipinski definition) is 5. The summed E-state index contributed by atoms with van der Waals surface area (Å²) in [7, 11) is 1.40. The van der Waals surface area contributed by atoms with Gasteiger partial charge in [-0.1, -0.05) is 0 Å². The maximum Gasteiger partial charge on any atom is 0.341 e. The molecule has 2 heterocycles. The molecule has 6 nitrogen and oxygen atoms in total. The third kappa shape index (κ3) is 4.13. The monoisotopic (exact) mass is 429 g/mol. The number of thiophene rings is 1. The Morgan fingerprint density at radius 3 is 2.48 bits per heavy atom. The third-order valence-corrected chi connectivity index (χ3v) is 6.73. The molecule has 4 rings (SSSR count). The molecule has 0 radical (unpaired) electrons. The number of nitrogens with zero attached hydrogens (tertiary/aromatic N) is 1. The van der Waals surface area contributed by atoms with Gasteiger partial charge in [0.2, 0.25) is 0 Å². The highest BCUT2D eigenvalue weighted by Crippen LogP contribution is 2.39. The summed E-state index contributed by atoms with van der Waals surface area (Å²) < 4.78 is 4.97. The number of methoxy groups -OCH3 is 1. The predicted molar refractivity (Wildman–Crippen MR) is 119 cm³/mol. The second kappa shape index (κ2) is 8.51. The summed E-state index contributed by atoms with van der Waals surface area (Å²) in [6.07, 6.45) is 5.09. The highest BCUT2D eigenvalue weighted by Gasteiger charge is 2.27. The molecule has 0 atom stereocenters. The Hall–Kier alpha value is -2.45. The molecule has 1 amide bonds. The highest BCUT2D eigenvalue weighted by molar-refractivity contribution is 7.80. The van der Waals surface area contributed by atoms with Crippen molar-refractivity contribution in [1.82, 2.24) is 4.90 Å². The standard InChI is InChI=1S/C21H23N3O3S2/c1-27-20(26)17-15-5-4-6-16(15)29-18(17)23-21(28)22-14-9-7-13(8-10-14)19(25)24-11-2-3-12-24/h7-10H,2-6,11-12H2,1H3,(H2,22,23,28). The molecule has 1 saturated heterocycles. The van der Waals surface area contributed by atoms with Gasteiger partial charge >= 0.3 is 5.97 Å². The zero-order valence-corrected chi connectivity index (χ0v) is 17.9. The lowest BCUT2D eigenvalue weighted by Crippen LogP contribution is -2.27. The third-order valence-electron chi connectivity index (χ3n) is 5.32. The van der Waals surface area contributed by atoms with Gasteiger partial charge in [0, 0.05) is 29.2 Å². The van der Waals surface area contributed by atoms with Crippen LogP contribution in [0.5, 0.6) is 0 Å². The molecule has 1 fully saturated rings. The first-order valence-corrected chi connectivity index (χ1v) is 11.0. The van der Waals surface area contributed by atoms with E-state index in [-0.39, 0.29) is 11.9 Å². The van der Waals surface area contributed by atoms with Gasteiger partial charge in [-0.2, -0.15) is 0 Å². The summed E-state index contributed by atoms with van der Waals surface area (Å²) in [4.78, 5) is 27.8. The zero-order valence-electron chi connectivity index (χ0n) is 16.2. The first-order valence-electron chi connectivity index (χ1n) is 9.77. The van der Waals surface area contributed by atoms with Crippen molar-refractivity contribution in [1.29, 1.82) is 0 Å². The van der Waals surface area contributed by atoms with Crippen molar-refractivity contribution in [2.24, 2.45) is 0 Å². The summed E-state index contributed by atoms with van der Waals surface area (Å²) >= 11 is 7.00. The number of fused-ring (bicyclic) bond motifs is 1. The van der Waals surface area contributed by atoms with E-state index in [2.05, 4.69) is 10.6 Å². The van der Waals surface area contributed by atoms with E-state index in [0.717, 1.165) is 61.4 Å². The van der Waals surface area contributed by atoms with Gasteiger partial charge in [-0.3, -0.25) is 4.79 Å². The Morgan fingerprint density at radius 2 is 1.79 bits per heavy atom. The van der Waals surface area contributed by atoms with Gasteiger partial charge in [0.15, 0.2) is 5.11 Å². The van der Waals surface area contributed by atoms with Crippen molar-refractivity contribution in [2.75, 3.05) is 30.8 Å². The molecule has 152 valence electrons. The Bertz CT molecular complexity index is 947. The number of benzene rings is 1. The number of carbonyl (C=O) groups excluding carboxylic acids is 2. The van der Waals surface area contributed by atoms with Crippen molar-refractivity contribution in [3.8, 4) is 0 Å². The number of carbonyl (C=O) groups is 2. The number of ether oxygens (including phenoxy) is 1. The lowest BCUT2D eigenvalue weighted by molar-refractivity contribution is 0.0601. The average molecular weight is 430 g/mol.